The van der Waals surface area contributed by atoms with E-state index in [0.29, 0.717) is 0 Å². The molecule has 0 unspecified atom stereocenters. The number of nitrogens with zero attached hydrogens (tertiary/aromatic N) is 2. The van der Waals surface area contributed by atoms with Crippen LogP contribution in [0.3, 0.4) is 0 Å². The third-order valence-electron chi connectivity index (χ3n) is 3.65. The molecule has 1 saturated heterocycles. The predicted octanol–water partition coefficient (Wildman–Crippen LogP) is 3.11. The summed E-state index contributed by atoms with van der Waals surface area (Å²) in [5.41, 5.74) is 2.71. The molecule has 1 aromatic rings. The molecule has 0 N–H and O–H groups in total. The number of benzene rings is 1. The maximum absolute atomic E-state index is 3.48. The Hall–Kier alpha value is -0.540. The van der Waals surface area contributed by atoms with Crippen LogP contribution in [0, 0.1) is 0 Å². The van der Waals surface area contributed by atoms with Crippen LogP contribution in [-0.4, -0.2) is 38.1 Å². The second-order valence-corrected chi connectivity index (χ2v) is 5.54. The van der Waals surface area contributed by atoms with Crippen molar-refractivity contribution in [2.45, 2.75) is 24.2 Å². The van der Waals surface area contributed by atoms with Crippen molar-refractivity contribution in [2.24, 2.45) is 0 Å². The van der Waals surface area contributed by atoms with E-state index in [-0.39, 0.29) is 0 Å². The van der Waals surface area contributed by atoms with Crippen LogP contribution in [0.5, 0.6) is 0 Å². The van der Waals surface area contributed by atoms with Crippen LogP contribution in [-0.2, 0) is 5.33 Å². The molecule has 17 heavy (non-hydrogen) atoms. The van der Waals surface area contributed by atoms with Crippen LogP contribution >= 0.6 is 15.9 Å². The molecule has 2 nitrogen and oxygen atoms in total. The smallest absolute Gasteiger partial charge is 0.0366 e. The Kier molecular flexibility index (Phi) is 4.46. The minimum absolute atomic E-state index is 0.757. The van der Waals surface area contributed by atoms with Gasteiger partial charge in [0.1, 0.15) is 0 Å². The predicted molar refractivity (Wildman–Crippen MR) is 78.0 cm³/mol. The van der Waals surface area contributed by atoms with Gasteiger partial charge in [0.15, 0.2) is 0 Å². The highest BCUT2D eigenvalue weighted by atomic mass is 79.9. The average molecular weight is 297 g/mol. The van der Waals surface area contributed by atoms with Gasteiger partial charge >= 0.3 is 0 Å². The van der Waals surface area contributed by atoms with Crippen LogP contribution in [0.2, 0.25) is 0 Å². The van der Waals surface area contributed by atoms with Gasteiger partial charge in [-0.2, -0.15) is 0 Å². The Bertz CT molecular complexity index is 340. The summed E-state index contributed by atoms with van der Waals surface area (Å²) < 4.78 is 0. The fourth-order valence-electron chi connectivity index (χ4n) is 2.44. The SMILES string of the molecule is CN(C)C1CCN(c2ccc(CBr)cc2)CC1. The molecular formula is C14H21BrN2. The molecule has 1 aromatic carbocycles. The van der Waals surface area contributed by atoms with E-state index in [2.05, 4.69) is 64.1 Å². The molecule has 0 bridgehead atoms. The van der Waals surface area contributed by atoms with E-state index < -0.39 is 0 Å². The molecule has 0 saturated carbocycles. The van der Waals surface area contributed by atoms with E-state index in [1.54, 1.807) is 0 Å². The maximum atomic E-state index is 3.48. The molecule has 1 fully saturated rings. The second-order valence-electron chi connectivity index (χ2n) is 4.98. The molecule has 0 atom stereocenters. The van der Waals surface area contributed by atoms with Crippen molar-refractivity contribution in [1.29, 1.82) is 0 Å². The van der Waals surface area contributed by atoms with Gasteiger partial charge in [0, 0.05) is 30.1 Å². The zero-order valence-electron chi connectivity index (χ0n) is 10.7. The first-order chi connectivity index (χ1) is 8.20. The number of hydrogen-bond donors (Lipinski definition) is 0. The summed E-state index contributed by atoms with van der Waals surface area (Å²) in [5.74, 6) is 0. The molecule has 0 aromatic heterocycles. The van der Waals surface area contributed by atoms with Crippen molar-refractivity contribution >= 4 is 21.6 Å². The normalized spacial score (nSPS) is 17.8. The Morgan fingerprint density at radius 2 is 1.76 bits per heavy atom. The highest BCUT2D eigenvalue weighted by Gasteiger charge is 2.20. The maximum Gasteiger partial charge on any atom is 0.0366 e. The van der Waals surface area contributed by atoms with Gasteiger partial charge in [0.25, 0.3) is 0 Å². The minimum Gasteiger partial charge on any atom is -0.371 e. The molecular weight excluding hydrogens is 276 g/mol. The van der Waals surface area contributed by atoms with Crippen molar-refractivity contribution in [1.82, 2.24) is 4.90 Å². The number of piperidine rings is 1. The molecule has 0 radical (unpaired) electrons. The van der Waals surface area contributed by atoms with E-state index in [4.69, 9.17) is 0 Å². The highest BCUT2D eigenvalue weighted by Crippen LogP contribution is 2.22. The van der Waals surface area contributed by atoms with Crippen LogP contribution in [0.1, 0.15) is 18.4 Å². The van der Waals surface area contributed by atoms with E-state index in [1.807, 2.05) is 0 Å². The topological polar surface area (TPSA) is 6.48 Å². The van der Waals surface area contributed by atoms with Gasteiger partial charge in [-0.15, -0.1) is 0 Å². The fraction of sp³-hybridized carbons (Fsp3) is 0.571. The van der Waals surface area contributed by atoms with Crippen molar-refractivity contribution in [3.8, 4) is 0 Å². The first-order valence-corrected chi connectivity index (χ1v) is 7.39. The van der Waals surface area contributed by atoms with Crippen LogP contribution in [0.4, 0.5) is 5.69 Å². The Labute approximate surface area is 113 Å². The average Bonchev–Trinajstić information content (AvgIpc) is 2.39. The summed E-state index contributed by atoms with van der Waals surface area (Å²) in [6.45, 7) is 2.35. The number of rotatable bonds is 3. The molecule has 1 aliphatic rings. The lowest BCUT2D eigenvalue weighted by Gasteiger charge is -2.36. The van der Waals surface area contributed by atoms with E-state index in [0.717, 1.165) is 11.4 Å². The van der Waals surface area contributed by atoms with Crippen LogP contribution in [0.15, 0.2) is 24.3 Å². The monoisotopic (exact) mass is 296 g/mol. The lowest BCUT2D eigenvalue weighted by molar-refractivity contribution is 0.249. The van der Waals surface area contributed by atoms with Gasteiger partial charge in [-0.05, 0) is 44.6 Å². The molecule has 3 heteroatoms. The third-order valence-corrected chi connectivity index (χ3v) is 4.30. The quantitative estimate of drug-likeness (QED) is 0.791. The summed E-state index contributed by atoms with van der Waals surface area (Å²) in [4.78, 5) is 4.85. The highest BCUT2D eigenvalue weighted by molar-refractivity contribution is 9.08. The summed E-state index contributed by atoms with van der Waals surface area (Å²) in [5, 5.41) is 0.940. The zero-order valence-corrected chi connectivity index (χ0v) is 12.3. The first kappa shape index (κ1) is 12.9. The lowest BCUT2D eigenvalue weighted by Crippen LogP contribution is -2.41. The summed E-state index contributed by atoms with van der Waals surface area (Å²) in [7, 11) is 4.37. The zero-order chi connectivity index (χ0) is 12.3. The van der Waals surface area contributed by atoms with Gasteiger partial charge in [0.2, 0.25) is 0 Å². The van der Waals surface area contributed by atoms with Crippen molar-refractivity contribution < 1.29 is 0 Å². The summed E-state index contributed by atoms with van der Waals surface area (Å²) in [6, 6.07) is 9.66. The molecule has 94 valence electrons. The largest absolute Gasteiger partial charge is 0.371 e. The molecule has 1 heterocycles. The minimum atomic E-state index is 0.757. The van der Waals surface area contributed by atoms with Gasteiger partial charge in [0.05, 0.1) is 0 Å². The van der Waals surface area contributed by atoms with Gasteiger partial charge < -0.3 is 9.80 Å². The molecule has 1 aliphatic heterocycles. The van der Waals surface area contributed by atoms with Gasteiger partial charge in [-0.3, -0.25) is 0 Å². The molecule has 0 amide bonds. The van der Waals surface area contributed by atoms with Crippen LogP contribution in [0.25, 0.3) is 0 Å². The number of alkyl halides is 1. The van der Waals surface area contributed by atoms with Crippen molar-refractivity contribution in [3.63, 3.8) is 0 Å². The van der Waals surface area contributed by atoms with Crippen molar-refractivity contribution in [2.75, 3.05) is 32.1 Å². The van der Waals surface area contributed by atoms with Crippen molar-refractivity contribution in [3.05, 3.63) is 29.8 Å². The molecule has 2 rings (SSSR count). The summed E-state index contributed by atoms with van der Waals surface area (Å²) in [6.07, 6.45) is 2.54. The number of hydrogen-bond acceptors (Lipinski definition) is 2. The van der Waals surface area contributed by atoms with E-state index in [1.165, 1.54) is 37.2 Å². The third kappa shape index (κ3) is 3.23. The van der Waals surface area contributed by atoms with Gasteiger partial charge in [-0.1, -0.05) is 28.1 Å². The fourth-order valence-corrected chi connectivity index (χ4v) is 2.81. The lowest BCUT2D eigenvalue weighted by atomic mass is 10.0. The number of halogens is 1. The standard InChI is InChI=1S/C14H21BrN2/c1-16(2)13-7-9-17(10-8-13)14-5-3-12(11-15)4-6-14/h3-6,13H,7-11H2,1-2H3. The molecule has 0 aliphatic carbocycles. The first-order valence-electron chi connectivity index (χ1n) is 6.27. The molecule has 0 spiro atoms. The van der Waals surface area contributed by atoms with E-state index in [9.17, 15) is 0 Å². The van der Waals surface area contributed by atoms with Gasteiger partial charge in [-0.25, -0.2) is 0 Å². The number of anilines is 1. The van der Waals surface area contributed by atoms with E-state index >= 15 is 0 Å². The van der Waals surface area contributed by atoms with Crippen LogP contribution < -0.4 is 4.90 Å². The summed E-state index contributed by atoms with van der Waals surface area (Å²) >= 11 is 3.48. The Morgan fingerprint density at radius 3 is 2.24 bits per heavy atom. The second kappa shape index (κ2) is 5.87. The Balaban J connectivity index is 1.95. The Morgan fingerprint density at radius 1 is 1.18 bits per heavy atom.